The SMILES string of the molecule is CCOCCNc1ccccc1-c1nc2ccccc2o1. The number of rotatable bonds is 6. The van der Waals surface area contributed by atoms with Gasteiger partial charge >= 0.3 is 0 Å². The van der Waals surface area contributed by atoms with Gasteiger partial charge in [0.25, 0.3) is 0 Å². The summed E-state index contributed by atoms with van der Waals surface area (Å²) in [5.74, 6) is 0.635. The van der Waals surface area contributed by atoms with Crippen LogP contribution in [0.3, 0.4) is 0 Å². The Hall–Kier alpha value is -2.33. The highest BCUT2D eigenvalue weighted by Gasteiger charge is 2.11. The van der Waals surface area contributed by atoms with E-state index in [0.717, 1.165) is 35.5 Å². The Kier molecular flexibility index (Phi) is 4.17. The van der Waals surface area contributed by atoms with Gasteiger partial charge in [0.2, 0.25) is 5.89 Å². The summed E-state index contributed by atoms with van der Waals surface area (Å²) in [6.07, 6.45) is 0. The van der Waals surface area contributed by atoms with Crippen LogP contribution in [0.25, 0.3) is 22.6 Å². The van der Waals surface area contributed by atoms with E-state index in [-0.39, 0.29) is 0 Å². The summed E-state index contributed by atoms with van der Waals surface area (Å²) in [6, 6.07) is 15.8. The fourth-order valence-corrected chi connectivity index (χ4v) is 2.21. The van der Waals surface area contributed by atoms with Crippen molar-refractivity contribution in [1.29, 1.82) is 0 Å². The van der Waals surface area contributed by atoms with E-state index in [9.17, 15) is 0 Å². The number of hydrogen-bond donors (Lipinski definition) is 1. The van der Waals surface area contributed by atoms with E-state index in [2.05, 4.69) is 10.3 Å². The average molecular weight is 282 g/mol. The first kappa shape index (κ1) is 13.6. The van der Waals surface area contributed by atoms with Crippen molar-refractivity contribution in [1.82, 2.24) is 4.98 Å². The summed E-state index contributed by atoms with van der Waals surface area (Å²) in [4.78, 5) is 4.55. The molecular weight excluding hydrogens is 264 g/mol. The molecule has 0 fully saturated rings. The first-order valence-corrected chi connectivity index (χ1v) is 7.15. The maximum absolute atomic E-state index is 5.84. The molecule has 1 N–H and O–H groups in total. The van der Waals surface area contributed by atoms with E-state index < -0.39 is 0 Å². The van der Waals surface area contributed by atoms with Crippen LogP contribution in [0.2, 0.25) is 0 Å². The maximum atomic E-state index is 5.84. The zero-order valence-corrected chi connectivity index (χ0v) is 12.0. The lowest BCUT2D eigenvalue weighted by Gasteiger charge is -2.09. The van der Waals surface area contributed by atoms with Gasteiger partial charge in [0.15, 0.2) is 5.58 Å². The molecule has 0 spiro atoms. The molecule has 0 unspecified atom stereocenters. The summed E-state index contributed by atoms with van der Waals surface area (Å²) in [5, 5.41) is 3.37. The molecule has 0 aliphatic carbocycles. The Balaban J connectivity index is 1.87. The topological polar surface area (TPSA) is 47.3 Å². The minimum Gasteiger partial charge on any atom is -0.436 e. The van der Waals surface area contributed by atoms with E-state index in [0.29, 0.717) is 12.5 Å². The minimum atomic E-state index is 0.635. The maximum Gasteiger partial charge on any atom is 0.229 e. The molecule has 3 aromatic rings. The molecule has 0 amide bonds. The molecular formula is C17H18N2O2. The predicted molar refractivity (Wildman–Crippen MR) is 84.4 cm³/mol. The highest BCUT2D eigenvalue weighted by Crippen LogP contribution is 2.29. The van der Waals surface area contributed by atoms with Crippen LogP contribution in [-0.4, -0.2) is 24.7 Å². The number of hydrogen-bond acceptors (Lipinski definition) is 4. The third kappa shape index (κ3) is 3.06. The molecule has 0 aliphatic heterocycles. The van der Waals surface area contributed by atoms with Crippen molar-refractivity contribution in [3.05, 3.63) is 48.5 Å². The van der Waals surface area contributed by atoms with Gasteiger partial charge in [-0.2, -0.15) is 0 Å². The van der Waals surface area contributed by atoms with Crippen molar-refractivity contribution in [3.8, 4) is 11.5 Å². The molecule has 3 rings (SSSR count). The van der Waals surface area contributed by atoms with Crippen LogP contribution in [0.15, 0.2) is 52.9 Å². The van der Waals surface area contributed by atoms with Crippen molar-refractivity contribution < 1.29 is 9.15 Å². The number of ether oxygens (including phenoxy) is 1. The van der Waals surface area contributed by atoms with Gasteiger partial charge in [0.1, 0.15) is 5.52 Å². The molecule has 4 nitrogen and oxygen atoms in total. The molecule has 0 atom stereocenters. The van der Waals surface area contributed by atoms with Crippen LogP contribution in [0.4, 0.5) is 5.69 Å². The van der Waals surface area contributed by atoms with Crippen molar-refractivity contribution in [3.63, 3.8) is 0 Å². The van der Waals surface area contributed by atoms with E-state index >= 15 is 0 Å². The molecule has 0 radical (unpaired) electrons. The second kappa shape index (κ2) is 6.41. The lowest BCUT2D eigenvalue weighted by Crippen LogP contribution is -2.09. The fourth-order valence-electron chi connectivity index (χ4n) is 2.21. The molecule has 0 aliphatic rings. The summed E-state index contributed by atoms with van der Waals surface area (Å²) >= 11 is 0. The van der Waals surface area contributed by atoms with Gasteiger partial charge in [-0.05, 0) is 31.2 Å². The minimum absolute atomic E-state index is 0.635. The first-order chi connectivity index (χ1) is 10.4. The van der Waals surface area contributed by atoms with E-state index in [1.54, 1.807) is 0 Å². The molecule has 2 aromatic carbocycles. The Bertz CT molecular complexity index is 688. The summed E-state index contributed by atoms with van der Waals surface area (Å²) in [5.41, 5.74) is 3.64. The van der Waals surface area contributed by atoms with Crippen LogP contribution in [-0.2, 0) is 4.74 Å². The lowest BCUT2D eigenvalue weighted by molar-refractivity contribution is 0.158. The zero-order valence-electron chi connectivity index (χ0n) is 12.0. The van der Waals surface area contributed by atoms with Crippen LogP contribution in [0.5, 0.6) is 0 Å². The van der Waals surface area contributed by atoms with Gasteiger partial charge in [-0.1, -0.05) is 24.3 Å². The molecule has 1 heterocycles. The monoisotopic (exact) mass is 282 g/mol. The van der Waals surface area contributed by atoms with Crippen molar-refractivity contribution in [2.75, 3.05) is 25.1 Å². The Morgan fingerprint density at radius 3 is 2.76 bits per heavy atom. The quantitative estimate of drug-likeness (QED) is 0.696. The smallest absolute Gasteiger partial charge is 0.229 e. The highest BCUT2D eigenvalue weighted by atomic mass is 16.5. The number of nitrogens with one attached hydrogen (secondary N) is 1. The fraction of sp³-hybridized carbons (Fsp3) is 0.235. The number of aromatic nitrogens is 1. The number of para-hydroxylation sites is 3. The Morgan fingerprint density at radius 1 is 1.10 bits per heavy atom. The third-order valence-corrected chi connectivity index (χ3v) is 3.22. The van der Waals surface area contributed by atoms with Gasteiger partial charge in [0.05, 0.1) is 12.2 Å². The summed E-state index contributed by atoms with van der Waals surface area (Å²) < 4.78 is 11.2. The lowest BCUT2D eigenvalue weighted by atomic mass is 10.2. The number of benzene rings is 2. The molecule has 1 aromatic heterocycles. The normalized spacial score (nSPS) is 10.9. The number of oxazole rings is 1. The summed E-state index contributed by atoms with van der Waals surface area (Å²) in [7, 11) is 0. The van der Waals surface area contributed by atoms with Gasteiger partial charge in [-0.3, -0.25) is 0 Å². The van der Waals surface area contributed by atoms with Crippen LogP contribution in [0, 0.1) is 0 Å². The van der Waals surface area contributed by atoms with Gasteiger partial charge in [-0.25, -0.2) is 4.98 Å². The second-order valence-electron chi connectivity index (χ2n) is 4.66. The predicted octanol–water partition coefficient (Wildman–Crippen LogP) is 3.94. The molecule has 0 saturated carbocycles. The zero-order chi connectivity index (χ0) is 14.5. The van der Waals surface area contributed by atoms with E-state index in [1.807, 2.05) is 55.5 Å². The van der Waals surface area contributed by atoms with Crippen molar-refractivity contribution >= 4 is 16.8 Å². The molecule has 108 valence electrons. The number of anilines is 1. The molecule has 4 heteroatoms. The Labute approximate surface area is 123 Å². The number of fused-ring (bicyclic) bond motifs is 1. The molecule has 0 saturated heterocycles. The Morgan fingerprint density at radius 2 is 1.90 bits per heavy atom. The van der Waals surface area contributed by atoms with Gasteiger partial charge in [0, 0.05) is 18.8 Å². The highest BCUT2D eigenvalue weighted by molar-refractivity contribution is 5.80. The van der Waals surface area contributed by atoms with Crippen molar-refractivity contribution in [2.24, 2.45) is 0 Å². The number of nitrogens with zero attached hydrogens (tertiary/aromatic N) is 1. The second-order valence-corrected chi connectivity index (χ2v) is 4.66. The molecule has 0 bridgehead atoms. The largest absolute Gasteiger partial charge is 0.436 e. The average Bonchev–Trinajstić information content (AvgIpc) is 2.96. The van der Waals surface area contributed by atoms with Gasteiger partial charge < -0.3 is 14.5 Å². The third-order valence-electron chi connectivity index (χ3n) is 3.22. The van der Waals surface area contributed by atoms with Crippen LogP contribution >= 0.6 is 0 Å². The van der Waals surface area contributed by atoms with Crippen LogP contribution < -0.4 is 5.32 Å². The summed E-state index contributed by atoms with van der Waals surface area (Å²) in [6.45, 7) is 4.16. The van der Waals surface area contributed by atoms with Gasteiger partial charge in [-0.15, -0.1) is 0 Å². The van der Waals surface area contributed by atoms with E-state index in [4.69, 9.17) is 9.15 Å². The molecule has 21 heavy (non-hydrogen) atoms. The van der Waals surface area contributed by atoms with Crippen molar-refractivity contribution in [2.45, 2.75) is 6.92 Å². The van der Waals surface area contributed by atoms with E-state index in [1.165, 1.54) is 0 Å². The standard InChI is InChI=1S/C17H18N2O2/c1-2-20-12-11-18-14-8-4-3-7-13(14)17-19-15-9-5-6-10-16(15)21-17/h3-10,18H,2,11-12H2,1H3. The van der Waals surface area contributed by atoms with Crippen LogP contribution in [0.1, 0.15) is 6.92 Å². The first-order valence-electron chi connectivity index (χ1n) is 7.15.